The fraction of sp³-hybridized carbons (Fsp3) is 0.667. The van der Waals surface area contributed by atoms with Gasteiger partial charge in [-0.25, -0.2) is 4.79 Å². The molecule has 88 valence electrons. The average molecular weight is 242 g/mol. The minimum atomic E-state index is -0.0295. The van der Waals surface area contributed by atoms with Gasteiger partial charge in [0.05, 0.1) is 6.61 Å². The summed E-state index contributed by atoms with van der Waals surface area (Å²) in [4.78, 5) is 15.0. The molecular weight excluding hydrogens is 228 g/mol. The van der Waals surface area contributed by atoms with E-state index in [9.17, 15) is 4.79 Å². The molecule has 0 aliphatic carbocycles. The highest BCUT2D eigenvalue weighted by molar-refractivity contribution is 7.17. The quantitative estimate of drug-likeness (QED) is 0.796. The van der Waals surface area contributed by atoms with Crippen molar-refractivity contribution >= 4 is 22.5 Å². The number of carbonyl (C=O) groups excluding carboxylic acids is 1. The molecular formula is C9H14N4O2S. The maximum atomic E-state index is 11.7. The first-order chi connectivity index (χ1) is 7.72. The van der Waals surface area contributed by atoms with E-state index in [-0.39, 0.29) is 6.03 Å². The van der Waals surface area contributed by atoms with Crippen molar-refractivity contribution in [3.63, 3.8) is 0 Å². The van der Waals surface area contributed by atoms with Crippen molar-refractivity contribution in [1.82, 2.24) is 15.1 Å². The molecule has 0 unspecified atom stereocenters. The molecule has 1 saturated heterocycles. The third-order valence-electron chi connectivity index (χ3n) is 2.27. The van der Waals surface area contributed by atoms with E-state index < -0.39 is 0 Å². The Morgan fingerprint density at radius 1 is 1.44 bits per heavy atom. The van der Waals surface area contributed by atoms with E-state index in [4.69, 9.17) is 4.74 Å². The summed E-state index contributed by atoms with van der Waals surface area (Å²) in [6.07, 6.45) is 0.931. The van der Waals surface area contributed by atoms with Crippen LogP contribution in [0, 0.1) is 0 Å². The molecule has 6 nitrogen and oxygen atoms in total. The van der Waals surface area contributed by atoms with Crippen LogP contribution in [0.1, 0.15) is 13.3 Å². The minimum absolute atomic E-state index is 0.0295. The number of carbonyl (C=O) groups is 1. The van der Waals surface area contributed by atoms with Crippen molar-refractivity contribution in [1.29, 1.82) is 0 Å². The molecule has 0 spiro atoms. The molecule has 0 N–H and O–H groups in total. The Morgan fingerprint density at radius 2 is 2.25 bits per heavy atom. The standard InChI is InChI=1S/C9H14N4O2S/c1-3-6-15-8-11-10-7(16-8)13-5-4-12(2)9(13)14/h3-6H2,1-2H3. The summed E-state index contributed by atoms with van der Waals surface area (Å²) in [7, 11) is 1.78. The molecule has 1 aliphatic heterocycles. The van der Waals surface area contributed by atoms with E-state index in [2.05, 4.69) is 10.2 Å². The molecule has 2 amide bonds. The molecule has 16 heavy (non-hydrogen) atoms. The van der Waals surface area contributed by atoms with Crippen LogP contribution in [0.2, 0.25) is 0 Å². The Bertz CT molecular complexity index is 381. The highest BCUT2D eigenvalue weighted by atomic mass is 32.1. The van der Waals surface area contributed by atoms with Gasteiger partial charge < -0.3 is 9.64 Å². The predicted molar refractivity (Wildman–Crippen MR) is 61.1 cm³/mol. The Balaban J connectivity index is 2.04. The van der Waals surface area contributed by atoms with Gasteiger partial charge in [0.25, 0.3) is 5.19 Å². The predicted octanol–water partition coefficient (Wildman–Crippen LogP) is 1.20. The summed E-state index contributed by atoms with van der Waals surface area (Å²) in [5.41, 5.74) is 0. The monoisotopic (exact) mass is 242 g/mol. The fourth-order valence-corrected chi connectivity index (χ4v) is 2.13. The van der Waals surface area contributed by atoms with Gasteiger partial charge in [-0.1, -0.05) is 12.0 Å². The van der Waals surface area contributed by atoms with Crippen LogP contribution in [-0.2, 0) is 0 Å². The van der Waals surface area contributed by atoms with Gasteiger partial charge in [0.15, 0.2) is 0 Å². The first-order valence-electron chi connectivity index (χ1n) is 5.21. The summed E-state index contributed by atoms with van der Waals surface area (Å²) in [5.74, 6) is 0. The van der Waals surface area contributed by atoms with Crippen molar-refractivity contribution in [2.75, 3.05) is 31.6 Å². The van der Waals surface area contributed by atoms with Crippen molar-refractivity contribution in [3.8, 4) is 5.19 Å². The van der Waals surface area contributed by atoms with Gasteiger partial charge in [0, 0.05) is 20.1 Å². The third-order valence-corrected chi connectivity index (χ3v) is 3.13. The van der Waals surface area contributed by atoms with Crippen LogP contribution in [0.4, 0.5) is 9.93 Å². The number of anilines is 1. The van der Waals surface area contributed by atoms with E-state index in [0.717, 1.165) is 13.0 Å². The lowest BCUT2D eigenvalue weighted by molar-refractivity contribution is 0.229. The topological polar surface area (TPSA) is 58.6 Å². The van der Waals surface area contributed by atoms with E-state index in [1.165, 1.54) is 11.3 Å². The summed E-state index contributed by atoms with van der Waals surface area (Å²) in [6, 6.07) is -0.0295. The number of likely N-dealkylation sites (N-methyl/N-ethyl adjacent to an activating group) is 1. The van der Waals surface area contributed by atoms with Crippen LogP contribution in [0.5, 0.6) is 5.19 Å². The maximum absolute atomic E-state index is 11.7. The minimum Gasteiger partial charge on any atom is -0.469 e. The van der Waals surface area contributed by atoms with E-state index in [0.29, 0.717) is 23.5 Å². The number of nitrogens with zero attached hydrogens (tertiary/aromatic N) is 4. The number of urea groups is 1. The zero-order valence-corrected chi connectivity index (χ0v) is 10.2. The number of hydrogen-bond acceptors (Lipinski definition) is 5. The second-order valence-corrected chi connectivity index (χ2v) is 4.47. The normalized spacial score (nSPS) is 16.0. The van der Waals surface area contributed by atoms with Crippen molar-refractivity contribution in [2.45, 2.75) is 13.3 Å². The zero-order chi connectivity index (χ0) is 11.5. The van der Waals surface area contributed by atoms with E-state index >= 15 is 0 Å². The molecule has 0 saturated carbocycles. The molecule has 1 aliphatic rings. The summed E-state index contributed by atoms with van der Waals surface area (Å²) >= 11 is 1.31. The number of hydrogen-bond donors (Lipinski definition) is 0. The molecule has 0 atom stereocenters. The highest BCUT2D eigenvalue weighted by Crippen LogP contribution is 2.28. The Morgan fingerprint density at radius 3 is 2.88 bits per heavy atom. The third kappa shape index (κ3) is 2.08. The fourth-order valence-electron chi connectivity index (χ4n) is 1.38. The Kier molecular flexibility index (Phi) is 3.23. The highest BCUT2D eigenvalue weighted by Gasteiger charge is 2.29. The van der Waals surface area contributed by atoms with Crippen molar-refractivity contribution in [3.05, 3.63) is 0 Å². The van der Waals surface area contributed by atoms with E-state index in [1.807, 2.05) is 6.92 Å². The van der Waals surface area contributed by atoms with Gasteiger partial charge in [-0.2, -0.15) is 0 Å². The summed E-state index contributed by atoms with van der Waals surface area (Å²) < 4.78 is 5.35. The molecule has 1 aromatic rings. The second-order valence-electron chi connectivity index (χ2n) is 3.55. The number of ether oxygens (including phenoxy) is 1. The first-order valence-corrected chi connectivity index (χ1v) is 6.03. The van der Waals surface area contributed by atoms with Gasteiger partial charge in [0.2, 0.25) is 5.13 Å². The largest absolute Gasteiger partial charge is 0.469 e. The van der Waals surface area contributed by atoms with Crippen molar-refractivity contribution in [2.24, 2.45) is 0 Å². The zero-order valence-electron chi connectivity index (χ0n) is 9.34. The smallest absolute Gasteiger partial charge is 0.326 e. The van der Waals surface area contributed by atoms with Crippen LogP contribution < -0.4 is 9.64 Å². The van der Waals surface area contributed by atoms with Gasteiger partial charge in [0.1, 0.15) is 0 Å². The number of aromatic nitrogens is 2. The number of rotatable bonds is 4. The van der Waals surface area contributed by atoms with Gasteiger partial charge >= 0.3 is 6.03 Å². The molecule has 2 rings (SSSR count). The summed E-state index contributed by atoms with van der Waals surface area (Å²) in [6.45, 7) is 4.05. The Hall–Kier alpha value is -1.37. The van der Waals surface area contributed by atoms with Crippen LogP contribution in [0.3, 0.4) is 0 Å². The van der Waals surface area contributed by atoms with Gasteiger partial charge in [-0.05, 0) is 17.8 Å². The lowest BCUT2D eigenvalue weighted by Crippen LogP contribution is -2.29. The molecule has 2 heterocycles. The maximum Gasteiger partial charge on any atom is 0.326 e. The lowest BCUT2D eigenvalue weighted by Gasteiger charge is -2.10. The number of amides is 2. The van der Waals surface area contributed by atoms with Crippen LogP contribution in [0.15, 0.2) is 0 Å². The van der Waals surface area contributed by atoms with Crippen LogP contribution in [0.25, 0.3) is 0 Å². The van der Waals surface area contributed by atoms with Crippen LogP contribution >= 0.6 is 11.3 Å². The van der Waals surface area contributed by atoms with Gasteiger partial charge in [-0.15, -0.1) is 5.10 Å². The SMILES string of the molecule is CCCOc1nnc(N2CCN(C)C2=O)s1. The molecule has 7 heteroatoms. The molecule has 0 radical (unpaired) electrons. The van der Waals surface area contributed by atoms with E-state index in [1.54, 1.807) is 16.8 Å². The molecule has 1 fully saturated rings. The first kappa shape index (κ1) is 11.1. The molecule has 1 aromatic heterocycles. The lowest BCUT2D eigenvalue weighted by atomic mass is 10.5. The summed E-state index contributed by atoms with van der Waals surface area (Å²) in [5, 5.41) is 8.99. The Labute approximate surface area is 97.8 Å². The van der Waals surface area contributed by atoms with Gasteiger partial charge in [-0.3, -0.25) is 4.90 Å². The van der Waals surface area contributed by atoms with Crippen LogP contribution in [-0.4, -0.2) is 47.9 Å². The second kappa shape index (κ2) is 4.65. The molecule has 0 bridgehead atoms. The van der Waals surface area contributed by atoms with Crippen molar-refractivity contribution < 1.29 is 9.53 Å². The molecule has 0 aromatic carbocycles. The average Bonchev–Trinajstić information content (AvgIpc) is 2.85.